The first-order valence-corrected chi connectivity index (χ1v) is 7.32. The molecule has 1 rings (SSSR count). The van der Waals surface area contributed by atoms with Crippen molar-refractivity contribution < 1.29 is 0 Å². The van der Waals surface area contributed by atoms with Crippen LogP contribution in [0, 0.1) is 25.7 Å². The Morgan fingerprint density at radius 3 is 2.18 bits per heavy atom. The Kier molecular flexibility index (Phi) is 4.71. The minimum Gasteiger partial charge on any atom is -0.119 e. The Morgan fingerprint density at radius 2 is 1.65 bits per heavy atom. The number of hydrogen-bond acceptors (Lipinski definition) is 1. The molecule has 1 heteroatoms. The van der Waals surface area contributed by atoms with Crippen LogP contribution in [0.5, 0.6) is 0 Å². The van der Waals surface area contributed by atoms with E-state index in [1.807, 2.05) is 11.8 Å². The molecule has 0 saturated carbocycles. The third-order valence-electron chi connectivity index (χ3n) is 3.81. The van der Waals surface area contributed by atoms with Gasteiger partial charge >= 0.3 is 0 Å². The van der Waals surface area contributed by atoms with Crippen LogP contribution in [0.15, 0.2) is 23.1 Å². The van der Waals surface area contributed by atoms with E-state index in [2.05, 4.69) is 66.7 Å². The number of hydrogen-bond donors (Lipinski definition) is 0. The zero-order valence-corrected chi connectivity index (χ0v) is 13.1. The first-order valence-electron chi connectivity index (χ1n) is 6.50. The van der Waals surface area contributed by atoms with Gasteiger partial charge in [-0.15, -0.1) is 11.8 Å². The fourth-order valence-electron chi connectivity index (χ4n) is 2.00. The quantitative estimate of drug-likeness (QED) is 0.639. The van der Waals surface area contributed by atoms with Gasteiger partial charge in [0.15, 0.2) is 0 Å². The molecular formula is C16H26S. The van der Waals surface area contributed by atoms with Gasteiger partial charge in [0, 0.05) is 9.64 Å². The summed E-state index contributed by atoms with van der Waals surface area (Å²) in [7, 11) is 0. The molecule has 1 unspecified atom stereocenters. The summed E-state index contributed by atoms with van der Waals surface area (Å²) >= 11 is 2.02. The second kappa shape index (κ2) is 5.48. The van der Waals surface area contributed by atoms with E-state index in [0.29, 0.717) is 5.92 Å². The maximum atomic E-state index is 2.37. The van der Waals surface area contributed by atoms with Gasteiger partial charge in [-0.2, -0.15) is 0 Å². The van der Waals surface area contributed by atoms with Crippen molar-refractivity contribution in [3.05, 3.63) is 29.3 Å². The van der Waals surface area contributed by atoms with Crippen molar-refractivity contribution in [3.63, 3.8) is 0 Å². The van der Waals surface area contributed by atoms with Crippen molar-refractivity contribution in [1.82, 2.24) is 0 Å². The highest BCUT2D eigenvalue weighted by Crippen LogP contribution is 2.42. The third kappa shape index (κ3) is 3.77. The molecule has 0 nitrogen and oxygen atoms in total. The summed E-state index contributed by atoms with van der Waals surface area (Å²) in [5.74, 6) is 1.43. The lowest BCUT2D eigenvalue weighted by Gasteiger charge is -2.34. The molecule has 1 aromatic carbocycles. The van der Waals surface area contributed by atoms with E-state index in [9.17, 15) is 0 Å². The predicted molar refractivity (Wildman–Crippen MR) is 79.9 cm³/mol. The number of rotatable bonds is 4. The van der Waals surface area contributed by atoms with E-state index in [1.54, 1.807) is 0 Å². The average molecular weight is 250 g/mol. The van der Waals surface area contributed by atoms with Crippen molar-refractivity contribution in [2.45, 2.75) is 58.1 Å². The summed E-state index contributed by atoms with van der Waals surface area (Å²) in [6, 6.07) is 6.74. The second-order valence-electron chi connectivity index (χ2n) is 6.01. The van der Waals surface area contributed by atoms with Gasteiger partial charge in [0.2, 0.25) is 0 Å². The molecule has 0 amide bonds. The van der Waals surface area contributed by atoms with Crippen molar-refractivity contribution in [1.29, 1.82) is 0 Å². The van der Waals surface area contributed by atoms with Gasteiger partial charge in [0.05, 0.1) is 0 Å². The van der Waals surface area contributed by atoms with Crippen LogP contribution in [-0.4, -0.2) is 4.75 Å². The van der Waals surface area contributed by atoms with Crippen molar-refractivity contribution in [3.8, 4) is 0 Å². The zero-order chi connectivity index (χ0) is 13.2. The maximum absolute atomic E-state index is 2.37. The fraction of sp³-hybridized carbons (Fsp3) is 0.625. The molecule has 96 valence electrons. The van der Waals surface area contributed by atoms with E-state index >= 15 is 0 Å². The predicted octanol–water partition coefficient (Wildman–Crippen LogP) is 5.47. The van der Waals surface area contributed by atoms with Crippen molar-refractivity contribution >= 4 is 11.8 Å². The molecule has 0 aliphatic heterocycles. The third-order valence-corrected chi connectivity index (χ3v) is 5.37. The molecule has 17 heavy (non-hydrogen) atoms. The molecule has 1 atom stereocenters. The molecule has 0 bridgehead atoms. The Hall–Kier alpha value is -0.430. The molecular weight excluding hydrogens is 224 g/mol. The Bertz CT molecular complexity index is 377. The van der Waals surface area contributed by atoms with E-state index in [1.165, 1.54) is 16.0 Å². The van der Waals surface area contributed by atoms with Crippen LogP contribution in [0.1, 0.15) is 45.7 Å². The van der Waals surface area contributed by atoms with Crippen LogP contribution in [0.25, 0.3) is 0 Å². The lowest BCUT2D eigenvalue weighted by Crippen LogP contribution is -2.29. The Balaban J connectivity index is 2.93. The first-order chi connectivity index (χ1) is 7.74. The highest BCUT2D eigenvalue weighted by Gasteiger charge is 2.29. The summed E-state index contributed by atoms with van der Waals surface area (Å²) in [5, 5.41) is 0. The van der Waals surface area contributed by atoms with E-state index in [4.69, 9.17) is 0 Å². The van der Waals surface area contributed by atoms with Gasteiger partial charge in [-0.05, 0) is 37.3 Å². The normalized spacial score (nSPS) is 14.1. The Morgan fingerprint density at radius 1 is 1.06 bits per heavy atom. The van der Waals surface area contributed by atoms with Crippen LogP contribution in [0.3, 0.4) is 0 Å². The van der Waals surface area contributed by atoms with E-state index < -0.39 is 0 Å². The molecule has 1 aromatic rings. The van der Waals surface area contributed by atoms with Crippen molar-refractivity contribution in [2.24, 2.45) is 11.8 Å². The minimum atomic E-state index is 0.284. The summed E-state index contributed by atoms with van der Waals surface area (Å²) in [5.41, 5.74) is 2.75. The standard InChI is InChI=1S/C16H26S/c1-11(2)14(5)16(6,7)17-15-10-12(3)8-9-13(15)4/h8-11,14H,1-7H3. The molecule has 0 N–H and O–H groups in total. The van der Waals surface area contributed by atoms with Crippen LogP contribution >= 0.6 is 11.8 Å². The number of benzene rings is 1. The van der Waals surface area contributed by atoms with Gasteiger partial charge < -0.3 is 0 Å². The minimum absolute atomic E-state index is 0.284. The zero-order valence-electron chi connectivity index (χ0n) is 12.3. The lowest BCUT2D eigenvalue weighted by molar-refractivity contribution is 0.346. The summed E-state index contributed by atoms with van der Waals surface area (Å²) in [6.07, 6.45) is 0. The van der Waals surface area contributed by atoms with Crippen LogP contribution in [-0.2, 0) is 0 Å². The lowest BCUT2D eigenvalue weighted by atomic mass is 9.87. The Labute approximate surface area is 111 Å². The van der Waals surface area contributed by atoms with Crippen LogP contribution < -0.4 is 0 Å². The molecule has 0 aromatic heterocycles. The smallest absolute Gasteiger partial charge is 0.0179 e. The molecule has 0 spiro atoms. The van der Waals surface area contributed by atoms with Crippen molar-refractivity contribution in [2.75, 3.05) is 0 Å². The summed E-state index contributed by atoms with van der Waals surface area (Å²) < 4.78 is 0.284. The monoisotopic (exact) mass is 250 g/mol. The van der Waals surface area contributed by atoms with Gasteiger partial charge in [-0.1, -0.05) is 52.3 Å². The van der Waals surface area contributed by atoms with Gasteiger partial charge in [-0.25, -0.2) is 0 Å². The molecule has 0 fully saturated rings. The number of aryl methyl sites for hydroxylation is 2. The molecule has 0 radical (unpaired) electrons. The highest BCUT2D eigenvalue weighted by atomic mass is 32.2. The highest BCUT2D eigenvalue weighted by molar-refractivity contribution is 8.00. The average Bonchev–Trinajstić information content (AvgIpc) is 2.21. The molecule has 0 heterocycles. The van der Waals surface area contributed by atoms with Gasteiger partial charge in [-0.3, -0.25) is 0 Å². The largest absolute Gasteiger partial charge is 0.119 e. The van der Waals surface area contributed by atoms with Crippen LogP contribution in [0.2, 0.25) is 0 Å². The van der Waals surface area contributed by atoms with Gasteiger partial charge in [0.1, 0.15) is 0 Å². The topological polar surface area (TPSA) is 0 Å². The molecule has 0 aliphatic carbocycles. The SMILES string of the molecule is Cc1ccc(C)c(SC(C)(C)C(C)C(C)C)c1. The summed E-state index contributed by atoms with van der Waals surface area (Å²) in [6.45, 7) is 16.1. The fourth-order valence-corrected chi connectivity index (χ4v) is 3.50. The first kappa shape index (κ1) is 14.6. The molecule has 0 aliphatic rings. The van der Waals surface area contributed by atoms with E-state index in [-0.39, 0.29) is 4.75 Å². The number of thioether (sulfide) groups is 1. The van der Waals surface area contributed by atoms with Gasteiger partial charge in [0.25, 0.3) is 0 Å². The summed E-state index contributed by atoms with van der Waals surface area (Å²) in [4.78, 5) is 1.43. The molecule has 0 saturated heterocycles. The second-order valence-corrected chi connectivity index (χ2v) is 7.70. The van der Waals surface area contributed by atoms with E-state index in [0.717, 1.165) is 5.92 Å². The van der Waals surface area contributed by atoms with Crippen LogP contribution in [0.4, 0.5) is 0 Å². The maximum Gasteiger partial charge on any atom is 0.0179 e.